The number of hydrogen-bond donors (Lipinski definition) is 2. The Morgan fingerprint density at radius 3 is 2.65 bits per heavy atom. The normalized spacial score (nSPS) is 11.6. The maximum atomic E-state index is 11.0. The molecule has 0 radical (unpaired) electrons. The van der Waals surface area contributed by atoms with Gasteiger partial charge in [-0.05, 0) is 12.8 Å². The largest absolute Gasteiger partial charge is 0.428 e. The maximum absolute atomic E-state index is 11.0. The van der Waals surface area contributed by atoms with E-state index in [0.29, 0.717) is 12.8 Å². The monoisotopic (exact) mass is 267 g/mol. The summed E-state index contributed by atoms with van der Waals surface area (Å²) in [5.41, 5.74) is 0. The molecule has 0 aliphatic heterocycles. The van der Waals surface area contributed by atoms with Crippen molar-refractivity contribution < 1.29 is 27.8 Å². The number of ether oxygens (including phenoxy) is 2. The number of nitrogens with one attached hydrogen (secondary N) is 1. The number of hydrogen-bond acceptors (Lipinski definition) is 5. The number of alkyl carbamates (subject to hydrolysis) is 1. The lowest BCUT2D eigenvalue weighted by molar-refractivity contribution is -0.151. The Kier molecular flexibility index (Phi) is 9.35. The highest BCUT2D eigenvalue weighted by molar-refractivity contribution is 7.79. The molecule has 2 N–H and O–H groups in total. The molecule has 8 heteroatoms. The van der Waals surface area contributed by atoms with Crippen LogP contribution < -0.4 is 5.32 Å². The van der Waals surface area contributed by atoms with Gasteiger partial charge < -0.3 is 19.3 Å². The topological polar surface area (TPSA) is 102 Å². The molecule has 0 spiro atoms. The van der Waals surface area contributed by atoms with E-state index in [9.17, 15) is 13.8 Å². The lowest BCUT2D eigenvalue weighted by atomic mass is 10.3. The van der Waals surface area contributed by atoms with Gasteiger partial charge in [-0.2, -0.15) is 0 Å². The number of esters is 1. The first kappa shape index (κ1) is 15.9. The summed E-state index contributed by atoms with van der Waals surface area (Å²) in [7, 11) is 0. The minimum atomic E-state index is -1.86. The van der Waals surface area contributed by atoms with Crippen LogP contribution in [0.1, 0.15) is 26.2 Å². The second kappa shape index (κ2) is 10.0. The van der Waals surface area contributed by atoms with E-state index in [2.05, 4.69) is 14.8 Å². The van der Waals surface area contributed by atoms with E-state index in [0.717, 1.165) is 0 Å². The third-order valence-corrected chi connectivity index (χ3v) is 2.27. The van der Waals surface area contributed by atoms with Crippen molar-refractivity contribution >= 4 is 23.1 Å². The minimum Gasteiger partial charge on any atom is -0.428 e. The summed E-state index contributed by atoms with van der Waals surface area (Å²) in [5, 5.41) is 2.35. The molecule has 7 nitrogen and oxygen atoms in total. The van der Waals surface area contributed by atoms with E-state index in [4.69, 9.17) is 4.55 Å². The Morgan fingerprint density at radius 1 is 1.35 bits per heavy atom. The molecule has 100 valence electrons. The Morgan fingerprint density at radius 2 is 2.06 bits per heavy atom. The summed E-state index contributed by atoms with van der Waals surface area (Å²) in [6.07, 6.45) is 0.600. The third-order valence-electron chi connectivity index (χ3n) is 1.63. The summed E-state index contributed by atoms with van der Waals surface area (Å²) in [4.78, 5) is 21.8. The van der Waals surface area contributed by atoms with E-state index >= 15 is 0 Å². The first-order valence-corrected chi connectivity index (χ1v) is 6.47. The van der Waals surface area contributed by atoms with Gasteiger partial charge in [0.2, 0.25) is 6.79 Å². The van der Waals surface area contributed by atoms with E-state index in [-0.39, 0.29) is 18.7 Å². The number of rotatable bonds is 8. The number of carbonyl (C=O) groups excluding carboxylic acids is 2. The number of carbonyl (C=O) groups is 2. The molecule has 0 aromatic rings. The van der Waals surface area contributed by atoms with Gasteiger partial charge >= 0.3 is 12.1 Å². The fourth-order valence-corrected chi connectivity index (χ4v) is 1.25. The first-order valence-electron chi connectivity index (χ1n) is 5.20. The van der Waals surface area contributed by atoms with Crippen LogP contribution in [0.3, 0.4) is 0 Å². The van der Waals surface area contributed by atoms with Crippen LogP contribution in [0.5, 0.6) is 0 Å². The predicted octanol–water partition coefficient (Wildman–Crippen LogP) is 0.625. The SMILES string of the molecule is CCCC(=O)OCOC(=O)NCCCS(=O)O. The molecule has 1 amide bonds. The zero-order valence-electron chi connectivity index (χ0n) is 9.64. The van der Waals surface area contributed by atoms with Crippen molar-refractivity contribution in [1.82, 2.24) is 5.32 Å². The highest BCUT2D eigenvalue weighted by atomic mass is 32.2. The lowest BCUT2D eigenvalue weighted by Crippen LogP contribution is -2.27. The molecule has 17 heavy (non-hydrogen) atoms. The van der Waals surface area contributed by atoms with E-state index in [1.54, 1.807) is 0 Å². The van der Waals surface area contributed by atoms with Crippen LogP contribution in [-0.4, -0.2) is 39.9 Å². The maximum Gasteiger partial charge on any atom is 0.410 e. The first-order chi connectivity index (χ1) is 8.06. The lowest BCUT2D eigenvalue weighted by Gasteiger charge is -2.06. The van der Waals surface area contributed by atoms with Crippen LogP contribution in [-0.2, 0) is 25.3 Å². The highest BCUT2D eigenvalue weighted by Gasteiger charge is 2.04. The van der Waals surface area contributed by atoms with E-state index in [1.165, 1.54) is 0 Å². The molecule has 1 atom stereocenters. The van der Waals surface area contributed by atoms with Crippen LogP contribution in [0.2, 0.25) is 0 Å². The molecule has 0 heterocycles. The van der Waals surface area contributed by atoms with Crippen LogP contribution in [0.4, 0.5) is 4.79 Å². The van der Waals surface area contributed by atoms with Crippen molar-refractivity contribution in [2.75, 3.05) is 19.1 Å². The van der Waals surface area contributed by atoms with Crippen LogP contribution in [0.25, 0.3) is 0 Å². The molecule has 0 rings (SSSR count). The number of amides is 1. The fraction of sp³-hybridized carbons (Fsp3) is 0.778. The summed E-state index contributed by atoms with van der Waals surface area (Å²) >= 11 is -1.86. The van der Waals surface area contributed by atoms with Gasteiger partial charge in [0.05, 0.1) is 5.75 Å². The molecule has 0 aromatic carbocycles. The van der Waals surface area contributed by atoms with E-state index in [1.807, 2.05) is 6.92 Å². The summed E-state index contributed by atoms with van der Waals surface area (Å²) < 4.78 is 27.8. The average molecular weight is 267 g/mol. The Bertz CT molecular complexity index is 270. The van der Waals surface area contributed by atoms with Crippen molar-refractivity contribution in [2.45, 2.75) is 26.2 Å². The Balaban J connectivity index is 3.40. The van der Waals surface area contributed by atoms with Crippen LogP contribution >= 0.6 is 0 Å². The molecule has 0 saturated carbocycles. The molecule has 0 aliphatic carbocycles. The van der Waals surface area contributed by atoms with Crippen molar-refractivity contribution in [3.05, 3.63) is 0 Å². The van der Waals surface area contributed by atoms with Gasteiger partial charge in [0.25, 0.3) is 0 Å². The van der Waals surface area contributed by atoms with Crippen LogP contribution in [0.15, 0.2) is 0 Å². The fourth-order valence-electron chi connectivity index (χ4n) is 0.862. The van der Waals surface area contributed by atoms with Gasteiger partial charge in [0.1, 0.15) is 0 Å². The predicted molar refractivity (Wildman–Crippen MR) is 60.6 cm³/mol. The van der Waals surface area contributed by atoms with E-state index < -0.39 is 29.9 Å². The molecule has 0 aromatic heterocycles. The molecular formula is C9H17NO6S. The van der Waals surface area contributed by atoms with Gasteiger partial charge in [-0.1, -0.05) is 6.92 Å². The van der Waals surface area contributed by atoms with Gasteiger partial charge in [-0.25, -0.2) is 9.00 Å². The average Bonchev–Trinajstić information content (AvgIpc) is 2.24. The van der Waals surface area contributed by atoms with Crippen LogP contribution in [0, 0.1) is 0 Å². The molecule has 0 aliphatic rings. The van der Waals surface area contributed by atoms with Crippen molar-refractivity contribution in [1.29, 1.82) is 0 Å². The summed E-state index contributed by atoms with van der Waals surface area (Å²) in [5.74, 6) is -0.331. The van der Waals surface area contributed by atoms with Gasteiger partial charge in [-0.3, -0.25) is 4.79 Å². The van der Waals surface area contributed by atoms with Gasteiger partial charge in [0, 0.05) is 13.0 Å². The molecule has 1 unspecified atom stereocenters. The summed E-state index contributed by atoms with van der Waals surface area (Å²) in [6, 6.07) is 0. The molecule has 0 bridgehead atoms. The Labute approximate surface area is 102 Å². The summed E-state index contributed by atoms with van der Waals surface area (Å²) in [6.45, 7) is 1.64. The standard InChI is InChI=1S/C9H17NO6S/c1-2-4-8(11)15-7-16-9(12)10-5-3-6-17(13)14/h2-7H2,1H3,(H,10,12)(H,13,14). The smallest absolute Gasteiger partial charge is 0.410 e. The molecule has 0 saturated heterocycles. The van der Waals surface area contributed by atoms with Crippen molar-refractivity contribution in [3.8, 4) is 0 Å². The Hall–Kier alpha value is -1.15. The van der Waals surface area contributed by atoms with Gasteiger partial charge in [0.15, 0.2) is 11.1 Å². The quantitative estimate of drug-likeness (QED) is 0.289. The second-order valence-corrected chi connectivity index (χ2v) is 4.17. The van der Waals surface area contributed by atoms with Crippen molar-refractivity contribution in [2.24, 2.45) is 0 Å². The zero-order chi connectivity index (χ0) is 13.1. The van der Waals surface area contributed by atoms with Gasteiger partial charge in [-0.15, -0.1) is 0 Å². The minimum absolute atomic E-state index is 0.0891. The van der Waals surface area contributed by atoms with Crippen molar-refractivity contribution in [3.63, 3.8) is 0 Å². The second-order valence-electron chi connectivity index (χ2n) is 3.12. The molecule has 0 fully saturated rings. The zero-order valence-corrected chi connectivity index (χ0v) is 10.5. The third kappa shape index (κ3) is 11.1. The molecular weight excluding hydrogens is 250 g/mol. The highest BCUT2D eigenvalue weighted by Crippen LogP contribution is 1.91.